The topological polar surface area (TPSA) is 50.5 Å². The second kappa shape index (κ2) is 5.96. The average Bonchev–Trinajstić information content (AvgIpc) is 2.30. The Labute approximate surface area is 99.5 Å². The van der Waals surface area contributed by atoms with E-state index in [9.17, 15) is 0 Å². The number of nitrogens with two attached hydrogens (primary N) is 1. The maximum Gasteiger partial charge on any atom is 0.0667 e. The first-order chi connectivity index (χ1) is 7.53. The molecule has 0 bridgehead atoms. The first kappa shape index (κ1) is 13.9. The minimum atomic E-state index is 0.110. The Hall–Kier alpha value is -0.160. The van der Waals surface area contributed by atoms with Crippen molar-refractivity contribution in [2.45, 2.75) is 44.4 Å². The predicted octanol–water partition coefficient (Wildman–Crippen LogP) is 0.423. The zero-order valence-electron chi connectivity index (χ0n) is 11.1. The van der Waals surface area contributed by atoms with Crippen molar-refractivity contribution in [3.8, 4) is 0 Å². The van der Waals surface area contributed by atoms with Gasteiger partial charge in [0.25, 0.3) is 0 Å². The van der Waals surface area contributed by atoms with Crippen LogP contribution in [0.1, 0.15) is 26.7 Å². The van der Waals surface area contributed by atoms with Crippen LogP contribution < -0.4 is 11.1 Å². The molecule has 3 atom stereocenters. The van der Waals surface area contributed by atoms with E-state index in [2.05, 4.69) is 31.1 Å². The number of hydrogen-bond donors (Lipinski definition) is 2. The van der Waals surface area contributed by atoms with Gasteiger partial charge in [0.05, 0.1) is 6.10 Å². The van der Waals surface area contributed by atoms with Crippen LogP contribution in [0.5, 0.6) is 0 Å². The van der Waals surface area contributed by atoms with E-state index in [0.29, 0.717) is 12.6 Å². The van der Waals surface area contributed by atoms with Crippen molar-refractivity contribution >= 4 is 0 Å². The molecule has 1 fully saturated rings. The normalized spacial score (nSPS) is 33.9. The van der Waals surface area contributed by atoms with Crippen LogP contribution >= 0.6 is 0 Å². The van der Waals surface area contributed by atoms with E-state index in [1.807, 2.05) is 0 Å². The number of nitrogens with one attached hydrogen (secondary N) is 1. The molecule has 4 heteroatoms. The molecule has 0 aromatic carbocycles. The van der Waals surface area contributed by atoms with Gasteiger partial charge in [-0.15, -0.1) is 0 Å². The summed E-state index contributed by atoms with van der Waals surface area (Å²) in [4.78, 5) is 2.40. The number of nitrogens with zero attached hydrogens (tertiary/aromatic N) is 1. The standard InChI is InChI=1S/C12H27N3O/c1-10-7-12(9-13,5-6-15(10)3)14-8-11(2)16-4/h10-11,14H,5-9,13H2,1-4H3. The molecule has 0 amide bonds. The van der Waals surface area contributed by atoms with Gasteiger partial charge in [0.1, 0.15) is 0 Å². The van der Waals surface area contributed by atoms with Gasteiger partial charge >= 0.3 is 0 Å². The molecule has 3 unspecified atom stereocenters. The van der Waals surface area contributed by atoms with Crippen LogP contribution in [-0.2, 0) is 4.74 Å². The third-order valence-electron chi connectivity index (χ3n) is 3.94. The molecule has 1 aliphatic heterocycles. The minimum absolute atomic E-state index is 0.110. The van der Waals surface area contributed by atoms with Gasteiger partial charge in [0.2, 0.25) is 0 Å². The molecule has 0 saturated carbocycles. The lowest BCUT2D eigenvalue weighted by molar-refractivity contribution is 0.0772. The Morgan fingerprint density at radius 2 is 2.31 bits per heavy atom. The SMILES string of the molecule is COC(C)CNC1(CN)CCN(C)C(C)C1. The molecule has 3 N–H and O–H groups in total. The molecule has 1 aliphatic rings. The second-order valence-corrected chi connectivity index (χ2v) is 5.20. The number of hydrogen-bond acceptors (Lipinski definition) is 4. The fourth-order valence-electron chi connectivity index (χ4n) is 2.30. The monoisotopic (exact) mass is 229 g/mol. The molecule has 0 aliphatic carbocycles. The summed E-state index contributed by atoms with van der Waals surface area (Å²) in [5, 5.41) is 3.61. The first-order valence-electron chi connectivity index (χ1n) is 6.21. The summed E-state index contributed by atoms with van der Waals surface area (Å²) in [7, 11) is 3.93. The second-order valence-electron chi connectivity index (χ2n) is 5.20. The molecular weight excluding hydrogens is 202 g/mol. The van der Waals surface area contributed by atoms with Gasteiger partial charge in [-0.05, 0) is 40.3 Å². The zero-order chi connectivity index (χ0) is 12.2. The summed E-state index contributed by atoms with van der Waals surface area (Å²) in [5.41, 5.74) is 6.06. The minimum Gasteiger partial charge on any atom is -0.380 e. The highest BCUT2D eigenvalue weighted by Gasteiger charge is 2.35. The van der Waals surface area contributed by atoms with Crippen molar-refractivity contribution < 1.29 is 4.74 Å². The van der Waals surface area contributed by atoms with Gasteiger partial charge in [0.15, 0.2) is 0 Å². The highest BCUT2D eigenvalue weighted by Crippen LogP contribution is 2.25. The maximum absolute atomic E-state index is 5.95. The Kier molecular flexibility index (Phi) is 5.18. The Balaban J connectivity index is 2.50. The molecule has 1 heterocycles. The fraction of sp³-hybridized carbons (Fsp3) is 1.00. The highest BCUT2D eigenvalue weighted by molar-refractivity contribution is 4.97. The van der Waals surface area contributed by atoms with Crippen molar-refractivity contribution in [3.05, 3.63) is 0 Å². The van der Waals surface area contributed by atoms with Crippen LogP contribution in [0.2, 0.25) is 0 Å². The van der Waals surface area contributed by atoms with Gasteiger partial charge < -0.3 is 20.7 Å². The van der Waals surface area contributed by atoms with E-state index in [4.69, 9.17) is 10.5 Å². The Bertz CT molecular complexity index is 212. The van der Waals surface area contributed by atoms with Gasteiger partial charge in [0, 0.05) is 31.8 Å². The molecule has 4 nitrogen and oxygen atoms in total. The van der Waals surface area contributed by atoms with E-state index >= 15 is 0 Å². The molecule has 0 radical (unpaired) electrons. The van der Waals surface area contributed by atoms with Crippen LogP contribution in [0.15, 0.2) is 0 Å². The lowest BCUT2D eigenvalue weighted by Crippen LogP contribution is -2.60. The predicted molar refractivity (Wildman–Crippen MR) is 67.6 cm³/mol. The number of likely N-dealkylation sites (tertiary alicyclic amines) is 1. The van der Waals surface area contributed by atoms with Gasteiger partial charge in [-0.2, -0.15) is 0 Å². The average molecular weight is 229 g/mol. The smallest absolute Gasteiger partial charge is 0.0667 e. The molecule has 16 heavy (non-hydrogen) atoms. The number of piperidine rings is 1. The molecule has 0 spiro atoms. The lowest BCUT2D eigenvalue weighted by Gasteiger charge is -2.45. The third kappa shape index (κ3) is 3.42. The van der Waals surface area contributed by atoms with Crippen molar-refractivity contribution in [1.82, 2.24) is 10.2 Å². The summed E-state index contributed by atoms with van der Waals surface area (Å²) >= 11 is 0. The Morgan fingerprint density at radius 3 is 2.81 bits per heavy atom. The van der Waals surface area contributed by atoms with Gasteiger partial charge in [-0.1, -0.05) is 0 Å². The van der Waals surface area contributed by atoms with Crippen LogP contribution in [0.4, 0.5) is 0 Å². The summed E-state index contributed by atoms with van der Waals surface area (Å²) in [6.45, 7) is 7.05. The van der Waals surface area contributed by atoms with Crippen molar-refractivity contribution in [2.75, 3.05) is 33.8 Å². The molecule has 0 aromatic rings. The largest absolute Gasteiger partial charge is 0.380 e. The van der Waals surface area contributed by atoms with Crippen LogP contribution in [0, 0.1) is 0 Å². The number of rotatable bonds is 5. The van der Waals surface area contributed by atoms with Crippen LogP contribution in [0.3, 0.4) is 0 Å². The van der Waals surface area contributed by atoms with Crippen LogP contribution in [0.25, 0.3) is 0 Å². The lowest BCUT2D eigenvalue weighted by atomic mass is 9.83. The first-order valence-corrected chi connectivity index (χ1v) is 6.21. The molecule has 0 aromatic heterocycles. The fourth-order valence-corrected chi connectivity index (χ4v) is 2.30. The van der Waals surface area contributed by atoms with E-state index in [-0.39, 0.29) is 11.6 Å². The van der Waals surface area contributed by atoms with Gasteiger partial charge in [-0.25, -0.2) is 0 Å². The molecule has 1 rings (SSSR count). The third-order valence-corrected chi connectivity index (χ3v) is 3.94. The summed E-state index contributed by atoms with van der Waals surface area (Å²) in [6, 6.07) is 0.600. The quantitative estimate of drug-likeness (QED) is 0.717. The summed E-state index contributed by atoms with van der Waals surface area (Å²) in [5.74, 6) is 0. The number of ether oxygens (including phenoxy) is 1. The van der Waals surface area contributed by atoms with Crippen molar-refractivity contribution in [3.63, 3.8) is 0 Å². The van der Waals surface area contributed by atoms with E-state index in [1.54, 1.807) is 7.11 Å². The van der Waals surface area contributed by atoms with Crippen molar-refractivity contribution in [2.24, 2.45) is 5.73 Å². The van der Waals surface area contributed by atoms with Gasteiger partial charge in [-0.3, -0.25) is 0 Å². The Morgan fingerprint density at radius 1 is 1.62 bits per heavy atom. The van der Waals surface area contributed by atoms with E-state index < -0.39 is 0 Å². The molecule has 1 saturated heterocycles. The summed E-state index contributed by atoms with van der Waals surface area (Å²) in [6.07, 6.45) is 2.50. The van der Waals surface area contributed by atoms with E-state index in [0.717, 1.165) is 25.9 Å². The highest BCUT2D eigenvalue weighted by atomic mass is 16.5. The molecule has 96 valence electrons. The van der Waals surface area contributed by atoms with Crippen LogP contribution in [-0.4, -0.2) is 56.4 Å². The summed E-state index contributed by atoms with van der Waals surface area (Å²) < 4.78 is 5.26. The zero-order valence-corrected chi connectivity index (χ0v) is 11.1. The van der Waals surface area contributed by atoms with E-state index in [1.165, 1.54) is 0 Å². The number of methoxy groups -OCH3 is 1. The molecular formula is C12H27N3O. The van der Waals surface area contributed by atoms with Crippen molar-refractivity contribution in [1.29, 1.82) is 0 Å². The maximum atomic E-state index is 5.95.